The predicted molar refractivity (Wildman–Crippen MR) is 56.7 cm³/mol. The molecule has 0 spiro atoms. The van der Waals surface area contributed by atoms with Crippen molar-refractivity contribution in [3.63, 3.8) is 0 Å². The van der Waals surface area contributed by atoms with Crippen molar-refractivity contribution in [2.75, 3.05) is 13.1 Å². The van der Waals surface area contributed by atoms with Crippen molar-refractivity contribution >= 4 is 10.8 Å². The van der Waals surface area contributed by atoms with Gasteiger partial charge in [-0.05, 0) is 37.6 Å². The minimum absolute atomic E-state index is 0.240. The summed E-state index contributed by atoms with van der Waals surface area (Å²) in [6.45, 7) is 3.82. The van der Waals surface area contributed by atoms with Crippen LogP contribution in [0.5, 0.6) is 0 Å². The van der Waals surface area contributed by atoms with E-state index in [4.69, 9.17) is 0 Å². The van der Waals surface area contributed by atoms with Crippen LogP contribution in [0.3, 0.4) is 0 Å². The minimum atomic E-state index is -0.943. The normalized spacial score (nSPS) is 23.6. The molecule has 1 aliphatic rings. The molecule has 1 saturated heterocycles. The van der Waals surface area contributed by atoms with Gasteiger partial charge in [-0.1, -0.05) is 0 Å². The maximum atomic E-state index is 12.0. The van der Waals surface area contributed by atoms with Crippen LogP contribution < -0.4 is 5.32 Å². The highest BCUT2D eigenvalue weighted by Crippen LogP contribution is 2.14. The molecule has 0 radical (unpaired) electrons. The first-order valence-electron chi connectivity index (χ1n) is 4.81. The summed E-state index contributed by atoms with van der Waals surface area (Å²) in [5, 5.41) is 4.18. The Morgan fingerprint density at radius 1 is 1.64 bits per heavy atom. The van der Waals surface area contributed by atoms with E-state index in [1.807, 2.05) is 19.1 Å². The molecule has 14 heavy (non-hydrogen) atoms. The van der Waals surface area contributed by atoms with E-state index in [9.17, 15) is 4.21 Å². The lowest BCUT2D eigenvalue weighted by atomic mass is 10.3. The van der Waals surface area contributed by atoms with Crippen LogP contribution in [0.4, 0.5) is 0 Å². The molecule has 3 nitrogen and oxygen atoms in total. The van der Waals surface area contributed by atoms with Gasteiger partial charge in [-0.15, -0.1) is 0 Å². The van der Waals surface area contributed by atoms with Gasteiger partial charge < -0.3 is 5.32 Å². The molecule has 0 bridgehead atoms. The molecule has 2 heterocycles. The number of pyridine rings is 1. The lowest BCUT2D eigenvalue weighted by molar-refractivity contribution is 0.669. The van der Waals surface area contributed by atoms with Crippen molar-refractivity contribution in [2.45, 2.75) is 23.6 Å². The van der Waals surface area contributed by atoms with Crippen LogP contribution in [0.1, 0.15) is 12.0 Å². The quantitative estimate of drug-likeness (QED) is 0.787. The van der Waals surface area contributed by atoms with E-state index >= 15 is 0 Å². The molecule has 0 aliphatic carbocycles. The van der Waals surface area contributed by atoms with Gasteiger partial charge in [0.2, 0.25) is 0 Å². The summed E-state index contributed by atoms with van der Waals surface area (Å²) in [5.41, 5.74) is 1.12. The predicted octanol–water partition coefficient (Wildman–Crippen LogP) is 0.860. The highest BCUT2D eigenvalue weighted by molar-refractivity contribution is 7.85. The van der Waals surface area contributed by atoms with E-state index in [1.165, 1.54) is 0 Å². The molecule has 0 amide bonds. The summed E-state index contributed by atoms with van der Waals surface area (Å²) >= 11 is 0. The van der Waals surface area contributed by atoms with Crippen molar-refractivity contribution in [2.24, 2.45) is 0 Å². The number of aryl methyl sites for hydroxylation is 1. The third kappa shape index (κ3) is 2.01. The third-order valence-electron chi connectivity index (χ3n) is 2.41. The topological polar surface area (TPSA) is 42.0 Å². The van der Waals surface area contributed by atoms with E-state index in [1.54, 1.807) is 6.20 Å². The number of rotatable bonds is 2. The number of nitrogens with one attached hydrogen (secondary N) is 1. The Balaban J connectivity index is 2.17. The number of hydrogen-bond acceptors (Lipinski definition) is 3. The molecule has 4 heteroatoms. The summed E-state index contributed by atoms with van der Waals surface area (Å²) < 4.78 is 12.0. The number of nitrogens with zero attached hydrogens (tertiary/aromatic N) is 1. The van der Waals surface area contributed by atoms with Crippen LogP contribution in [0, 0.1) is 6.92 Å². The molecular weight excluding hydrogens is 196 g/mol. The molecule has 1 N–H and O–H groups in total. The average molecular weight is 210 g/mol. The van der Waals surface area contributed by atoms with Gasteiger partial charge in [0.05, 0.1) is 16.0 Å². The van der Waals surface area contributed by atoms with Crippen molar-refractivity contribution in [3.8, 4) is 0 Å². The lowest BCUT2D eigenvalue weighted by Gasteiger charge is -2.07. The molecule has 0 aromatic carbocycles. The fourth-order valence-corrected chi connectivity index (χ4v) is 3.01. The number of aromatic nitrogens is 1. The van der Waals surface area contributed by atoms with Gasteiger partial charge in [-0.2, -0.15) is 0 Å². The Kier molecular flexibility index (Phi) is 2.93. The first-order chi connectivity index (χ1) is 6.77. The van der Waals surface area contributed by atoms with E-state index in [-0.39, 0.29) is 5.25 Å². The number of hydrogen-bond donors (Lipinski definition) is 1. The summed E-state index contributed by atoms with van der Waals surface area (Å²) in [6, 6.07) is 3.84. The van der Waals surface area contributed by atoms with Gasteiger partial charge in [-0.3, -0.25) is 4.21 Å². The fourth-order valence-electron chi connectivity index (χ4n) is 1.60. The molecule has 1 aromatic rings. The molecule has 0 unspecified atom stereocenters. The second-order valence-corrected chi connectivity index (χ2v) is 5.26. The van der Waals surface area contributed by atoms with Crippen LogP contribution in [-0.4, -0.2) is 27.5 Å². The molecule has 76 valence electrons. The van der Waals surface area contributed by atoms with Gasteiger partial charge in [0.25, 0.3) is 0 Å². The monoisotopic (exact) mass is 210 g/mol. The van der Waals surface area contributed by atoms with Crippen LogP contribution >= 0.6 is 0 Å². The van der Waals surface area contributed by atoms with E-state index in [0.29, 0.717) is 0 Å². The highest BCUT2D eigenvalue weighted by Gasteiger charge is 2.22. The Morgan fingerprint density at radius 2 is 2.50 bits per heavy atom. The van der Waals surface area contributed by atoms with Crippen molar-refractivity contribution in [1.29, 1.82) is 0 Å². The van der Waals surface area contributed by atoms with Crippen LogP contribution in [0.2, 0.25) is 0 Å². The van der Waals surface area contributed by atoms with Crippen LogP contribution in [0.15, 0.2) is 23.4 Å². The fraction of sp³-hybridized carbons (Fsp3) is 0.500. The summed E-state index contributed by atoms with van der Waals surface area (Å²) in [5.74, 6) is 0. The standard InChI is InChI=1S/C10H14N2OS/c1-8-2-5-12-10(6-8)14(13)9-3-4-11-7-9/h2,5-6,9,11H,3-4,7H2,1H3/t9-,14+/m0/s1. The van der Waals surface area contributed by atoms with E-state index < -0.39 is 10.8 Å². The molecule has 2 rings (SSSR count). The van der Waals surface area contributed by atoms with E-state index in [2.05, 4.69) is 10.3 Å². The molecule has 1 aliphatic heterocycles. The molecular formula is C10H14N2OS. The molecule has 2 atom stereocenters. The summed E-state index contributed by atoms with van der Waals surface area (Å²) in [6.07, 6.45) is 2.72. The Morgan fingerprint density at radius 3 is 3.14 bits per heavy atom. The lowest BCUT2D eigenvalue weighted by Crippen LogP contribution is -2.19. The van der Waals surface area contributed by atoms with Crippen LogP contribution in [0.25, 0.3) is 0 Å². The average Bonchev–Trinajstić information content (AvgIpc) is 2.69. The summed E-state index contributed by atoms with van der Waals surface area (Å²) in [7, 11) is -0.943. The van der Waals surface area contributed by atoms with E-state index in [0.717, 1.165) is 30.1 Å². The second kappa shape index (κ2) is 4.19. The Hall–Kier alpha value is -0.740. The van der Waals surface area contributed by atoms with Gasteiger partial charge in [0.1, 0.15) is 5.03 Å². The minimum Gasteiger partial charge on any atom is -0.315 e. The first kappa shape index (κ1) is 9.80. The SMILES string of the molecule is Cc1ccnc([S@](=O)[C@H]2CCNC2)c1. The zero-order chi connectivity index (χ0) is 9.97. The van der Waals surface area contributed by atoms with Crippen molar-refractivity contribution in [1.82, 2.24) is 10.3 Å². The third-order valence-corrected chi connectivity index (χ3v) is 4.06. The second-order valence-electron chi connectivity index (χ2n) is 3.58. The molecule has 1 fully saturated rings. The largest absolute Gasteiger partial charge is 0.315 e. The van der Waals surface area contributed by atoms with Crippen molar-refractivity contribution in [3.05, 3.63) is 23.9 Å². The van der Waals surface area contributed by atoms with Gasteiger partial charge in [0.15, 0.2) is 0 Å². The first-order valence-corrected chi connectivity index (χ1v) is 6.02. The smallest absolute Gasteiger partial charge is 0.127 e. The van der Waals surface area contributed by atoms with Gasteiger partial charge in [-0.25, -0.2) is 4.98 Å². The maximum absolute atomic E-state index is 12.0. The Labute approximate surface area is 86.4 Å². The highest BCUT2D eigenvalue weighted by atomic mass is 32.2. The zero-order valence-electron chi connectivity index (χ0n) is 8.19. The summed E-state index contributed by atoms with van der Waals surface area (Å²) in [4.78, 5) is 4.16. The van der Waals surface area contributed by atoms with Crippen molar-refractivity contribution < 1.29 is 4.21 Å². The van der Waals surface area contributed by atoms with Gasteiger partial charge >= 0.3 is 0 Å². The zero-order valence-corrected chi connectivity index (χ0v) is 9.01. The maximum Gasteiger partial charge on any atom is 0.127 e. The molecule has 0 saturated carbocycles. The van der Waals surface area contributed by atoms with Crippen LogP contribution in [-0.2, 0) is 10.8 Å². The van der Waals surface area contributed by atoms with Gasteiger partial charge in [0, 0.05) is 12.7 Å². The molecule has 1 aromatic heterocycles. The Bertz CT molecular complexity index is 348.